The lowest BCUT2D eigenvalue weighted by molar-refractivity contribution is 0.0187. The molecule has 4 heterocycles. The number of nitrogens with zero attached hydrogens (tertiary/aromatic N) is 3. The van der Waals surface area contributed by atoms with Crippen LogP contribution in [0.25, 0.3) is 16.6 Å². The second-order valence-corrected chi connectivity index (χ2v) is 11.5. The summed E-state index contributed by atoms with van der Waals surface area (Å²) in [7, 11) is 4.14. The number of aryl methyl sites for hydroxylation is 2. The molecule has 1 aromatic carbocycles. The fraction of sp³-hybridized carbons (Fsp3) is 0.394. The Kier molecular flexibility index (Phi) is 8.45. The van der Waals surface area contributed by atoms with Gasteiger partial charge in [-0.2, -0.15) is 0 Å². The maximum absolute atomic E-state index is 13.7. The van der Waals surface area contributed by atoms with Crippen molar-refractivity contribution >= 4 is 11.4 Å². The van der Waals surface area contributed by atoms with Gasteiger partial charge in [-0.1, -0.05) is 24.3 Å². The van der Waals surface area contributed by atoms with Gasteiger partial charge >= 0.3 is 0 Å². The number of amides is 1. The fourth-order valence-corrected chi connectivity index (χ4v) is 5.95. The molecule has 1 saturated heterocycles. The van der Waals surface area contributed by atoms with Gasteiger partial charge in [0, 0.05) is 72.0 Å². The summed E-state index contributed by atoms with van der Waals surface area (Å²) in [6.45, 7) is 12.1. The Morgan fingerprint density at radius 1 is 1.05 bits per heavy atom. The number of benzene rings is 1. The molecule has 0 aliphatic carbocycles. The molecular formula is C33H41N5O3. The Morgan fingerprint density at radius 3 is 2.41 bits per heavy atom. The van der Waals surface area contributed by atoms with Crippen molar-refractivity contribution in [3.63, 3.8) is 0 Å². The van der Waals surface area contributed by atoms with E-state index in [2.05, 4.69) is 82.0 Å². The molecule has 2 N–H and O–H groups in total. The van der Waals surface area contributed by atoms with Crippen LogP contribution in [-0.2, 0) is 17.8 Å². The Balaban J connectivity index is 1.53. The molecule has 3 aromatic heterocycles. The van der Waals surface area contributed by atoms with Crippen LogP contribution >= 0.6 is 0 Å². The topological polar surface area (TPSA) is 82.1 Å². The van der Waals surface area contributed by atoms with E-state index in [-0.39, 0.29) is 24.1 Å². The molecule has 1 fully saturated rings. The fourth-order valence-electron chi connectivity index (χ4n) is 5.95. The van der Waals surface area contributed by atoms with Crippen molar-refractivity contribution in [1.82, 2.24) is 24.5 Å². The first-order chi connectivity index (χ1) is 19.6. The predicted octanol–water partition coefficient (Wildman–Crippen LogP) is 4.60. The highest BCUT2D eigenvalue weighted by Crippen LogP contribution is 2.32. The number of ether oxygens (including phenoxy) is 1. The summed E-state index contributed by atoms with van der Waals surface area (Å²) in [4.78, 5) is 33.6. The molecule has 41 heavy (non-hydrogen) atoms. The van der Waals surface area contributed by atoms with Crippen molar-refractivity contribution in [2.24, 2.45) is 0 Å². The van der Waals surface area contributed by atoms with Crippen LogP contribution in [0.15, 0.2) is 53.5 Å². The van der Waals surface area contributed by atoms with Crippen LogP contribution in [0.4, 0.5) is 0 Å². The molecule has 8 heteroatoms. The molecule has 1 aliphatic heterocycles. The molecule has 1 unspecified atom stereocenters. The number of hydrogen-bond acceptors (Lipinski definition) is 5. The Hall–Kier alpha value is -3.72. The van der Waals surface area contributed by atoms with Crippen molar-refractivity contribution in [3.8, 4) is 11.1 Å². The number of nitrogens with one attached hydrogen (secondary N) is 2. The van der Waals surface area contributed by atoms with Crippen molar-refractivity contribution in [1.29, 1.82) is 0 Å². The molecule has 1 atom stereocenters. The summed E-state index contributed by atoms with van der Waals surface area (Å²) < 4.78 is 7.86. The number of pyridine rings is 2. The monoisotopic (exact) mass is 555 g/mol. The van der Waals surface area contributed by atoms with Gasteiger partial charge in [-0.25, -0.2) is 0 Å². The van der Waals surface area contributed by atoms with Gasteiger partial charge in [0.15, 0.2) is 0 Å². The van der Waals surface area contributed by atoms with E-state index in [0.29, 0.717) is 24.3 Å². The van der Waals surface area contributed by atoms with Gasteiger partial charge in [-0.15, -0.1) is 0 Å². The van der Waals surface area contributed by atoms with Crippen molar-refractivity contribution in [2.75, 3.05) is 40.4 Å². The molecule has 5 rings (SSSR count). The quantitative estimate of drug-likeness (QED) is 0.332. The highest BCUT2D eigenvalue weighted by atomic mass is 16.5. The number of carbonyl (C=O) groups is 1. The number of H-pyrrole nitrogens is 1. The summed E-state index contributed by atoms with van der Waals surface area (Å²) >= 11 is 0. The number of aromatic amines is 1. The molecule has 1 amide bonds. The third-order valence-corrected chi connectivity index (χ3v) is 8.13. The van der Waals surface area contributed by atoms with Crippen LogP contribution < -0.4 is 10.9 Å². The van der Waals surface area contributed by atoms with Crippen LogP contribution in [0.1, 0.15) is 57.0 Å². The maximum atomic E-state index is 13.7. The lowest BCUT2D eigenvalue weighted by Gasteiger charge is -2.34. The lowest BCUT2D eigenvalue weighted by Crippen LogP contribution is -2.39. The van der Waals surface area contributed by atoms with Crippen molar-refractivity contribution in [3.05, 3.63) is 98.2 Å². The van der Waals surface area contributed by atoms with Gasteiger partial charge in [0.2, 0.25) is 0 Å². The molecule has 0 radical (unpaired) electrons. The van der Waals surface area contributed by atoms with Gasteiger partial charge in [-0.3, -0.25) is 14.5 Å². The second-order valence-electron chi connectivity index (χ2n) is 11.5. The molecule has 4 aromatic rings. The van der Waals surface area contributed by atoms with Gasteiger partial charge in [-0.05, 0) is 82.2 Å². The van der Waals surface area contributed by atoms with E-state index in [0.717, 1.165) is 58.8 Å². The van der Waals surface area contributed by atoms with Gasteiger partial charge in [0.1, 0.15) is 0 Å². The summed E-state index contributed by atoms with van der Waals surface area (Å²) in [6.07, 6.45) is 2.19. The first-order valence-corrected chi connectivity index (χ1v) is 14.3. The number of hydrogen-bond donors (Lipinski definition) is 2. The third kappa shape index (κ3) is 6.15. The number of aromatic nitrogens is 2. The average molecular weight is 556 g/mol. The van der Waals surface area contributed by atoms with Crippen LogP contribution in [0.3, 0.4) is 0 Å². The Morgan fingerprint density at radius 2 is 1.76 bits per heavy atom. The highest BCUT2D eigenvalue weighted by molar-refractivity contribution is 5.97. The zero-order chi connectivity index (χ0) is 29.3. The normalized spacial score (nSPS) is 15.0. The first-order valence-electron chi connectivity index (χ1n) is 14.3. The van der Waals surface area contributed by atoms with Crippen molar-refractivity contribution < 1.29 is 9.53 Å². The zero-order valence-electron chi connectivity index (χ0n) is 25.0. The number of carbonyl (C=O) groups excluding carboxylic acids is 1. The Labute approximate surface area is 241 Å². The van der Waals surface area contributed by atoms with Gasteiger partial charge in [0.05, 0.1) is 13.2 Å². The molecule has 8 nitrogen and oxygen atoms in total. The van der Waals surface area contributed by atoms with Crippen LogP contribution in [-0.4, -0.2) is 65.5 Å². The van der Waals surface area contributed by atoms with E-state index in [4.69, 9.17) is 4.74 Å². The van der Waals surface area contributed by atoms with Crippen LogP contribution in [0.5, 0.6) is 0 Å². The summed E-state index contributed by atoms with van der Waals surface area (Å²) in [6, 6.07) is 14.8. The zero-order valence-corrected chi connectivity index (χ0v) is 25.0. The standard InChI is InChI=1S/C33H41N5O3/c1-21-15-22(2)35-33(40)30(21)18-34-32(39)29-17-28-16-27(26-9-7-25(8-10-26)19-36(5)6)20-38(28)31(23(29)3)24(4)37-11-13-41-14-12-37/h7-10,15-17,20,24H,11-14,18-19H2,1-6H3,(H,34,39)(H,35,40). The molecule has 216 valence electrons. The molecule has 0 bridgehead atoms. The Bertz CT molecular complexity index is 1610. The van der Waals surface area contributed by atoms with E-state index in [1.54, 1.807) is 0 Å². The average Bonchev–Trinajstić information content (AvgIpc) is 3.36. The van der Waals surface area contributed by atoms with Crippen LogP contribution in [0, 0.1) is 20.8 Å². The van der Waals surface area contributed by atoms with Gasteiger partial charge < -0.3 is 24.3 Å². The molecule has 1 aliphatic rings. The summed E-state index contributed by atoms with van der Waals surface area (Å²) in [5.74, 6) is -0.185. The van der Waals surface area contributed by atoms with E-state index >= 15 is 0 Å². The third-order valence-electron chi connectivity index (χ3n) is 8.13. The number of rotatable bonds is 8. The highest BCUT2D eigenvalue weighted by Gasteiger charge is 2.26. The minimum absolute atomic E-state index is 0.0825. The second kappa shape index (κ2) is 12.0. The SMILES string of the molecule is Cc1cc(C)c(CNC(=O)c2cc3cc(-c4ccc(CN(C)C)cc4)cn3c(C(C)N3CCOCC3)c2C)c(=O)[nH]1. The molecule has 0 spiro atoms. The van der Waals surface area contributed by atoms with Gasteiger partial charge in [0.25, 0.3) is 11.5 Å². The summed E-state index contributed by atoms with van der Waals surface area (Å²) in [5.41, 5.74) is 9.22. The first kappa shape index (κ1) is 28.8. The van der Waals surface area contributed by atoms with Crippen molar-refractivity contribution in [2.45, 2.75) is 46.8 Å². The maximum Gasteiger partial charge on any atom is 0.253 e. The smallest absolute Gasteiger partial charge is 0.253 e. The van der Waals surface area contributed by atoms with E-state index in [9.17, 15) is 9.59 Å². The van der Waals surface area contributed by atoms with E-state index < -0.39 is 0 Å². The number of fused-ring (bicyclic) bond motifs is 1. The lowest BCUT2D eigenvalue weighted by atomic mass is 10.0. The predicted molar refractivity (Wildman–Crippen MR) is 163 cm³/mol. The molecule has 0 saturated carbocycles. The molecular weight excluding hydrogens is 514 g/mol. The largest absolute Gasteiger partial charge is 0.379 e. The number of morpholine rings is 1. The van der Waals surface area contributed by atoms with Crippen LogP contribution in [0.2, 0.25) is 0 Å². The minimum Gasteiger partial charge on any atom is -0.379 e. The van der Waals surface area contributed by atoms with E-state index in [1.807, 2.05) is 32.9 Å². The summed E-state index contributed by atoms with van der Waals surface area (Å²) in [5, 5.41) is 3.02. The van der Waals surface area contributed by atoms with E-state index in [1.165, 1.54) is 5.56 Å². The minimum atomic E-state index is -0.185.